The number of carbonyl (C=O) groups excluding carboxylic acids is 1. The predicted octanol–water partition coefficient (Wildman–Crippen LogP) is 5.34. The highest BCUT2D eigenvalue weighted by atomic mass is 16.1. The van der Waals surface area contributed by atoms with Gasteiger partial charge < -0.3 is 9.88 Å². The van der Waals surface area contributed by atoms with Crippen molar-refractivity contribution in [3.8, 4) is 0 Å². The molecule has 2 aromatic carbocycles. The lowest BCUT2D eigenvalue weighted by atomic mass is 10.1. The molecule has 1 aromatic heterocycles. The molecule has 0 aliphatic carbocycles. The van der Waals surface area contributed by atoms with Crippen LogP contribution in [-0.2, 0) is 17.8 Å². The maximum Gasteiger partial charge on any atom is 0.224 e. The second-order valence-corrected chi connectivity index (χ2v) is 7.26. The minimum Gasteiger partial charge on any atom is -0.340 e. The molecule has 0 atom stereocenters. The van der Waals surface area contributed by atoms with Gasteiger partial charge in [-0.3, -0.25) is 9.79 Å². The average Bonchev–Trinajstić information content (AvgIpc) is 3.00. The number of nitrogens with zero attached hydrogens (tertiary/aromatic N) is 2. The van der Waals surface area contributed by atoms with Gasteiger partial charge in [-0.15, -0.1) is 0 Å². The summed E-state index contributed by atoms with van der Waals surface area (Å²) in [5.41, 5.74) is 5.41. The van der Waals surface area contributed by atoms with E-state index in [1.807, 2.05) is 42.7 Å². The van der Waals surface area contributed by atoms with E-state index in [0.717, 1.165) is 49.3 Å². The first-order valence-corrected chi connectivity index (χ1v) is 9.94. The summed E-state index contributed by atoms with van der Waals surface area (Å²) in [7, 11) is 0. The molecule has 0 fully saturated rings. The fraction of sp³-hybridized carbons (Fsp3) is 0.250. The smallest absolute Gasteiger partial charge is 0.224 e. The molecule has 1 amide bonds. The minimum absolute atomic E-state index is 0.0813. The van der Waals surface area contributed by atoms with Gasteiger partial charge in [-0.1, -0.05) is 55.0 Å². The van der Waals surface area contributed by atoms with Crippen molar-refractivity contribution in [2.75, 3.05) is 5.32 Å². The Morgan fingerprint density at radius 2 is 1.82 bits per heavy atom. The summed E-state index contributed by atoms with van der Waals surface area (Å²) >= 11 is 0. The summed E-state index contributed by atoms with van der Waals surface area (Å²) < 4.78 is 2.13. The molecule has 0 spiro atoms. The van der Waals surface area contributed by atoms with Gasteiger partial charge in [-0.05, 0) is 42.5 Å². The molecule has 1 N–H and O–H groups in total. The van der Waals surface area contributed by atoms with E-state index < -0.39 is 0 Å². The highest BCUT2D eigenvalue weighted by molar-refractivity contribution is 5.92. The number of fused-ring (bicyclic) bond motifs is 2. The van der Waals surface area contributed by atoms with E-state index in [2.05, 4.69) is 45.2 Å². The second-order valence-electron chi connectivity index (χ2n) is 7.26. The zero-order valence-corrected chi connectivity index (χ0v) is 16.0. The Morgan fingerprint density at radius 3 is 2.71 bits per heavy atom. The van der Waals surface area contributed by atoms with E-state index in [1.54, 1.807) is 0 Å². The molecule has 0 bridgehead atoms. The van der Waals surface area contributed by atoms with Crippen molar-refractivity contribution in [2.45, 2.75) is 38.6 Å². The number of nitrogens with one attached hydrogen (secondary N) is 1. The van der Waals surface area contributed by atoms with Crippen LogP contribution >= 0.6 is 0 Å². The van der Waals surface area contributed by atoms with Gasteiger partial charge in [0.25, 0.3) is 0 Å². The SMILES string of the molecule is O=C(CCCCCc1ccccc1)Nc1cc2n(c1)Cc1ccccc1N=C2. The van der Waals surface area contributed by atoms with Crippen molar-refractivity contribution >= 4 is 23.5 Å². The molecule has 28 heavy (non-hydrogen) atoms. The molecule has 4 rings (SSSR count). The van der Waals surface area contributed by atoms with Crippen LogP contribution < -0.4 is 5.32 Å². The quantitative estimate of drug-likeness (QED) is 0.438. The Bertz CT molecular complexity index is 973. The third-order valence-electron chi connectivity index (χ3n) is 5.09. The van der Waals surface area contributed by atoms with E-state index in [-0.39, 0.29) is 5.91 Å². The maximum atomic E-state index is 12.3. The van der Waals surface area contributed by atoms with Gasteiger partial charge in [0.2, 0.25) is 5.91 Å². The summed E-state index contributed by atoms with van der Waals surface area (Å²) in [6, 6.07) is 20.6. The highest BCUT2D eigenvalue weighted by Crippen LogP contribution is 2.25. The van der Waals surface area contributed by atoms with E-state index in [9.17, 15) is 4.79 Å². The summed E-state index contributed by atoms with van der Waals surface area (Å²) in [5, 5.41) is 3.03. The van der Waals surface area contributed by atoms with Crippen molar-refractivity contribution in [2.24, 2.45) is 4.99 Å². The Morgan fingerprint density at radius 1 is 1.00 bits per heavy atom. The Kier molecular flexibility index (Phi) is 5.66. The van der Waals surface area contributed by atoms with Crippen LogP contribution in [0.4, 0.5) is 11.4 Å². The van der Waals surface area contributed by atoms with Crippen LogP contribution in [0, 0.1) is 0 Å². The van der Waals surface area contributed by atoms with Gasteiger partial charge >= 0.3 is 0 Å². The van der Waals surface area contributed by atoms with E-state index in [4.69, 9.17) is 0 Å². The van der Waals surface area contributed by atoms with Gasteiger partial charge in [0, 0.05) is 19.2 Å². The molecular formula is C24H25N3O. The standard InChI is InChI=1S/C24H25N3O/c28-24(14-6-2-5-11-19-9-3-1-4-10-19)26-21-15-22-16-25-23-13-8-7-12-20(23)17-27(22)18-21/h1,3-4,7-10,12-13,15-16,18H,2,5-6,11,14,17H2,(H,26,28). The number of para-hydroxylation sites is 1. The average molecular weight is 371 g/mol. The van der Waals surface area contributed by atoms with Gasteiger partial charge in [0.05, 0.1) is 23.3 Å². The number of rotatable bonds is 7. The third-order valence-corrected chi connectivity index (χ3v) is 5.09. The number of carbonyl (C=O) groups is 1. The zero-order valence-electron chi connectivity index (χ0n) is 16.0. The highest BCUT2D eigenvalue weighted by Gasteiger charge is 2.12. The number of amides is 1. The molecular weight excluding hydrogens is 346 g/mol. The lowest BCUT2D eigenvalue weighted by Gasteiger charge is -2.06. The molecule has 1 aliphatic rings. The van der Waals surface area contributed by atoms with Crippen LogP contribution in [0.3, 0.4) is 0 Å². The summed E-state index contributed by atoms with van der Waals surface area (Å²) in [6.45, 7) is 0.765. The van der Waals surface area contributed by atoms with Gasteiger partial charge in [-0.25, -0.2) is 0 Å². The number of hydrogen-bond donors (Lipinski definition) is 1. The number of unbranched alkanes of at least 4 members (excludes halogenated alkanes) is 2. The molecule has 1 aliphatic heterocycles. The number of aryl methyl sites for hydroxylation is 1. The molecule has 3 aromatic rings. The number of hydrogen-bond acceptors (Lipinski definition) is 2. The van der Waals surface area contributed by atoms with Crippen LogP contribution in [0.5, 0.6) is 0 Å². The molecule has 142 valence electrons. The number of aromatic nitrogens is 1. The van der Waals surface area contributed by atoms with Gasteiger partial charge in [0.15, 0.2) is 0 Å². The molecule has 4 heteroatoms. The van der Waals surface area contributed by atoms with Crippen LogP contribution in [0.2, 0.25) is 0 Å². The Balaban J connectivity index is 1.25. The minimum atomic E-state index is 0.0813. The molecule has 0 saturated heterocycles. The normalized spacial score (nSPS) is 12.1. The first-order chi connectivity index (χ1) is 13.8. The summed E-state index contributed by atoms with van der Waals surface area (Å²) in [5.74, 6) is 0.0813. The third kappa shape index (κ3) is 4.58. The summed E-state index contributed by atoms with van der Waals surface area (Å²) in [6.07, 6.45) is 8.61. The lowest BCUT2D eigenvalue weighted by Crippen LogP contribution is -2.10. The second kappa shape index (κ2) is 8.70. The Hall–Kier alpha value is -3.14. The van der Waals surface area contributed by atoms with Crippen molar-refractivity contribution in [3.05, 3.63) is 83.7 Å². The van der Waals surface area contributed by atoms with Crippen molar-refractivity contribution < 1.29 is 4.79 Å². The van der Waals surface area contributed by atoms with E-state index in [1.165, 1.54) is 11.1 Å². The van der Waals surface area contributed by atoms with Crippen molar-refractivity contribution in [3.63, 3.8) is 0 Å². The topological polar surface area (TPSA) is 46.4 Å². The molecule has 0 saturated carbocycles. The van der Waals surface area contributed by atoms with Gasteiger partial charge in [-0.2, -0.15) is 0 Å². The molecule has 2 heterocycles. The zero-order chi connectivity index (χ0) is 19.2. The van der Waals surface area contributed by atoms with Crippen LogP contribution in [0.15, 0.2) is 71.9 Å². The molecule has 4 nitrogen and oxygen atoms in total. The number of anilines is 1. The lowest BCUT2D eigenvalue weighted by molar-refractivity contribution is -0.116. The van der Waals surface area contributed by atoms with Crippen LogP contribution in [-0.4, -0.2) is 16.7 Å². The first-order valence-electron chi connectivity index (χ1n) is 9.94. The number of benzene rings is 2. The summed E-state index contributed by atoms with van der Waals surface area (Å²) in [4.78, 5) is 16.8. The molecule has 0 radical (unpaired) electrons. The van der Waals surface area contributed by atoms with E-state index in [0.29, 0.717) is 6.42 Å². The predicted molar refractivity (Wildman–Crippen MR) is 114 cm³/mol. The van der Waals surface area contributed by atoms with E-state index >= 15 is 0 Å². The fourth-order valence-electron chi connectivity index (χ4n) is 3.59. The van der Waals surface area contributed by atoms with Gasteiger partial charge in [0.1, 0.15) is 0 Å². The fourth-order valence-corrected chi connectivity index (χ4v) is 3.59. The van der Waals surface area contributed by atoms with Crippen molar-refractivity contribution in [1.82, 2.24) is 4.57 Å². The van der Waals surface area contributed by atoms with Crippen molar-refractivity contribution in [1.29, 1.82) is 0 Å². The number of aliphatic imine (C=N–C) groups is 1. The first kappa shape index (κ1) is 18.2. The van der Waals surface area contributed by atoms with Crippen LogP contribution in [0.25, 0.3) is 0 Å². The Labute approximate surface area is 165 Å². The maximum absolute atomic E-state index is 12.3. The van der Waals surface area contributed by atoms with Crippen LogP contribution in [0.1, 0.15) is 42.5 Å². The monoisotopic (exact) mass is 371 g/mol. The molecule has 0 unspecified atom stereocenters. The largest absolute Gasteiger partial charge is 0.340 e.